The molecule has 1 N–H and O–H groups in total. The summed E-state index contributed by atoms with van der Waals surface area (Å²) in [6.45, 7) is 4.99. The third kappa shape index (κ3) is 4.27. The van der Waals surface area contributed by atoms with E-state index in [1.165, 1.54) is 0 Å². The molecule has 0 aliphatic heterocycles. The summed E-state index contributed by atoms with van der Waals surface area (Å²) in [5.41, 5.74) is 3.67. The number of hydrogen-bond donors (Lipinski definition) is 1. The number of ether oxygens (including phenoxy) is 2. The smallest absolute Gasteiger partial charge is 0.145 e. The molecule has 4 aromatic rings. The number of hydrogen-bond acceptors (Lipinski definition) is 6. The molecule has 29 heavy (non-hydrogen) atoms. The molecule has 0 aliphatic rings. The van der Waals surface area contributed by atoms with Crippen molar-refractivity contribution < 1.29 is 9.47 Å². The first-order valence-corrected chi connectivity index (χ1v) is 9.51. The Hall–Kier alpha value is -3.67. The summed E-state index contributed by atoms with van der Waals surface area (Å²) in [4.78, 5) is 13.1. The number of aromatic nitrogens is 3. The van der Waals surface area contributed by atoms with Gasteiger partial charge in [0, 0.05) is 11.9 Å². The Balaban J connectivity index is 1.56. The zero-order chi connectivity index (χ0) is 20.1. The Morgan fingerprint density at radius 3 is 2.62 bits per heavy atom. The second kappa shape index (κ2) is 8.56. The van der Waals surface area contributed by atoms with E-state index in [-0.39, 0.29) is 0 Å². The minimum absolute atomic E-state index is 0.433. The molecular formula is C23H22N4O2. The number of aryl methyl sites for hydroxylation is 1. The topological polar surface area (TPSA) is 69.2 Å². The zero-order valence-corrected chi connectivity index (χ0v) is 16.4. The number of anilines is 2. The molecular weight excluding hydrogens is 364 g/mol. The van der Waals surface area contributed by atoms with E-state index in [1.807, 2.05) is 68.4 Å². The van der Waals surface area contributed by atoms with Crippen molar-refractivity contribution in [3.05, 3.63) is 78.4 Å². The first kappa shape index (κ1) is 18.7. The molecule has 0 aliphatic carbocycles. The van der Waals surface area contributed by atoms with Crippen molar-refractivity contribution >= 4 is 22.4 Å². The zero-order valence-electron chi connectivity index (χ0n) is 16.4. The van der Waals surface area contributed by atoms with Crippen LogP contribution in [-0.4, -0.2) is 21.6 Å². The van der Waals surface area contributed by atoms with Gasteiger partial charge in [0.25, 0.3) is 0 Å². The predicted molar refractivity (Wildman–Crippen MR) is 114 cm³/mol. The normalized spacial score (nSPS) is 10.7. The van der Waals surface area contributed by atoms with Crippen molar-refractivity contribution in [3.63, 3.8) is 0 Å². The average Bonchev–Trinajstić information content (AvgIpc) is 2.74. The largest absolute Gasteiger partial charge is 0.493 e. The molecule has 6 heteroatoms. The van der Waals surface area contributed by atoms with Gasteiger partial charge in [0.1, 0.15) is 30.3 Å². The molecule has 0 spiro atoms. The van der Waals surface area contributed by atoms with Gasteiger partial charge in [-0.1, -0.05) is 12.1 Å². The maximum Gasteiger partial charge on any atom is 0.145 e. The highest BCUT2D eigenvalue weighted by atomic mass is 16.5. The van der Waals surface area contributed by atoms with E-state index in [0.717, 1.165) is 39.3 Å². The molecule has 6 nitrogen and oxygen atoms in total. The summed E-state index contributed by atoms with van der Waals surface area (Å²) in [6.07, 6.45) is 3.32. The first-order valence-electron chi connectivity index (χ1n) is 9.51. The molecule has 0 bridgehead atoms. The van der Waals surface area contributed by atoms with Crippen molar-refractivity contribution in [2.45, 2.75) is 20.5 Å². The van der Waals surface area contributed by atoms with Crippen LogP contribution in [0.25, 0.3) is 10.9 Å². The molecule has 0 fully saturated rings. The van der Waals surface area contributed by atoms with E-state index in [1.54, 1.807) is 12.5 Å². The van der Waals surface area contributed by atoms with E-state index < -0.39 is 0 Å². The van der Waals surface area contributed by atoms with Crippen molar-refractivity contribution in [2.24, 2.45) is 0 Å². The number of nitrogens with one attached hydrogen (secondary N) is 1. The van der Waals surface area contributed by atoms with Crippen molar-refractivity contribution in [1.82, 2.24) is 15.0 Å². The minimum Gasteiger partial charge on any atom is -0.493 e. The highest BCUT2D eigenvalue weighted by Gasteiger charge is 2.11. The monoisotopic (exact) mass is 386 g/mol. The predicted octanol–water partition coefficient (Wildman–Crippen LogP) is 5.05. The van der Waals surface area contributed by atoms with Crippen LogP contribution in [0.3, 0.4) is 0 Å². The van der Waals surface area contributed by atoms with Gasteiger partial charge < -0.3 is 14.8 Å². The number of nitrogens with zero attached hydrogens (tertiary/aromatic N) is 3. The van der Waals surface area contributed by atoms with Crippen molar-refractivity contribution in [2.75, 3.05) is 11.9 Å². The summed E-state index contributed by atoms with van der Waals surface area (Å²) in [5.74, 6) is 2.30. The summed E-state index contributed by atoms with van der Waals surface area (Å²) in [6, 6.07) is 17.6. The molecule has 146 valence electrons. The lowest BCUT2D eigenvalue weighted by atomic mass is 10.1. The van der Waals surface area contributed by atoms with Gasteiger partial charge in [0.05, 0.1) is 23.2 Å². The van der Waals surface area contributed by atoms with E-state index in [9.17, 15) is 0 Å². The molecule has 0 radical (unpaired) electrons. The molecule has 0 saturated carbocycles. The van der Waals surface area contributed by atoms with Crippen LogP contribution in [0.1, 0.15) is 18.2 Å². The second-order valence-electron chi connectivity index (χ2n) is 6.52. The fourth-order valence-corrected chi connectivity index (χ4v) is 3.11. The van der Waals surface area contributed by atoms with Crippen LogP contribution in [0.4, 0.5) is 11.5 Å². The van der Waals surface area contributed by atoms with Crippen LogP contribution >= 0.6 is 0 Å². The maximum atomic E-state index is 5.91. The van der Waals surface area contributed by atoms with E-state index in [2.05, 4.69) is 20.3 Å². The van der Waals surface area contributed by atoms with Gasteiger partial charge in [-0.3, -0.25) is 4.98 Å². The van der Waals surface area contributed by atoms with Gasteiger partial charge in [0.2, 0.25) is 0 Å². The quantitative estimate of drug-likeness (QED) is 0.479. The van der Waals surface area contributed by atoms with Gasteiger partial charge in [-0.05, 0) is 61.9 Å². The number of rotatable bonds is 7. The van der Waals surface area contributed by atoms with Crippen molar-refractivity contribution in [1.29, 1.82) is 0 Å². The molecule has 0 atom stereocenters. The van der Waals surface area contributed by atoms with Crippen LogP contribution < -0.4 is 14.8 Å². The lowest BCUT2D eigenvalue weighted by molar-refractivity contribution is 0.299. The van der Waals surface area contributed by atoms with Crippen molar-refractivity contribution in [3.8, 4) is 11.5 Å². The van der Waals surface area contributed by atoms with Gasteiger partial charge in [0.15, 0.2) is 0 Å². The molecule has 4 rings (SSSR count). The Kier molecular flexibility index (Phi) is 5.52. The molecule has 2 heterocycles. The Labute approximate surface area is 169 Å². The minimum atomic E-state index is 0.433. The standard InChI is InChI=1S/C23H22N4O2/c1-3-28-21-9-6-8-19-22(21)23(26-15-25-19)27-17-10-11-20(16(2)13-17)29-14-18-7-4-5-12-24-18/h4-13,15H,3,14H2,1-2H3,(H,25,26,27). The molecule has 0 amide bonds. The number of pyridine rings is 1. The van der Waals surface area contributed by atoms with Crippen LogP contribution in [0.2, 0.25) is 0 Å². The third-order valence-corrected chi connectivity index (χ3v) is 4.46. The Morgan fingerprint density at radius 2 is 1.83 bits per heavy atom. The van der Waals surface area contributed by atoms with Crippen LogP contribution in [0.15, 0.2) is 67.1 Å². The Bertz CT molecular complexity index is 1110. The summed E-state index contributed by atoms with van der Waals surface area (Å²) >= 11 is 0. The number of fused-ring (bicyclic) bond motifs is 1. The van der Waals surface area contributed by atoms with Gasteiger partial charge >= 0.3 is 0 Å². The average molecular weight is 386 g/mol. The summed E-state index contributed by atoms with van der Waals surface area (Å²) in [5, 5.41) is 4.25. The van der Waals surface area contributed by atoms with Gasteiger partial charge in [-0.2, -0.15) is 0 Å². The summed E-state index contributed by atoms with van der Waals surface area (Å²) in [7, 11) is 0. The van der Waals surface area contributed by atoms with Gasteiger partial charge in [-0.15, -0.1) is 0 Å². The third-order valence-electron chi connectivity index (χ3n) is 4.46. The fraction of sp³-hybridized carbons (Fsp3) is 0.174. The van der Waals surface area contributed by atoms with Crippen LogP contribution in [0.5, 0.6) is 11.5 Å². The molecule has 2 aromatic heterocycles. The van der Waals surface area contributed by atoms with Crippen LogP contribution in [-0.2, 0) is 6.61 Å². The fourth-order valence-electron chi connectivity index (χ4n) is 3.11. The highest BCUT2D eigenvalue weighted by molar-refractivity contribution is 5.95. The van der Waals surface area contributed by atoms with Gasteiger partial charge in [-0.25, -0.2) is 9.97 Å². The first-order chi connectivity index (χ1) is 14.2. The highest BCUT2D eigenvalue weighted by Crippen LogP contribution is 2.32. The second-order valence-corrected chi connectivity index (χ2v) is 6.52. The Morgan fingerprint density at radius 1 is 0.897 bits per heavy atom. The maximum absolute atomic E-state index is 5.91. The van der Waals surface area contributed by atoms with E-state index >= 15 is 0 Å². The summed E-state index contributed by atoms with van der Waals surface area (Å²) < 4.78 is 11.7. The SMILES string of the molecule is CCOc1cccc2ncnc(Nc3ccc(OCc4ccccn4)c(C)c3)c12. The van der Waals surface area contributed by atoms with E-state index in [4.69, 9.17) is 9.47 Å². The lowest BCUT2D eigenvalue weighted by Gasteiger charge is -2.14. The molecule has 0 saturated heterocycles. The molecule has 2 aromatic carbocycles. The van der Waals surface area contributed by atoms with Crippen LogP contribution in [0, 0.1) is 6.92 Å². The van der Waals surface area contributed by atoms with E-state index in [0.29, 0.717) is 19.0 Å². The molecule has 0 unspecified atom stereocenters. The number of benzene rings is 2. The lowest BCUT2D eigenvalue weighted by Crippen LogP contribution is -2.01.